The highest BCUT2D eigenvalue weighted by atomic mass is 16.3. The number of para-hydroxylation sites is 1. The van der Waals surface area contributed by atoms with Gasteiger partial charge in [0, 0.05) is 36.2 Å². The molecule has 10 heteroatoms. The number of amides is 3. The molecule has 6 atom stereocenters. The Labute approximate surface area is 298 Å². The minimum absolute atomic E-state index is 0.0322. The third-order valence-corrected chi connectivity index (χ3v) is 10.1. The van der Waals surface area contributed by atoms with Crippen molar-refractivity contribution < 1.29 is 24.3 Å². The first-order chi connectivity index (χ1) is 23.6. The number of nitrogens with one attached hydrogen (secondary N) is 4. The second-order valence-corrected chi connectivity index (χ2v) is 16.2. The van der Waals surface area contributed by atoms with Crippen LogP contribution in [0.1, 0.15) is 85.6 Å². The largest absolute Gasteiger partial charge is 0.390 e. The highest BCUT2D eigenvalue weighted by molar-refractivity contribution is 5.91. The summed E-state index contributed by atoms with van der Waals surface area (Å²) < 4.78 is 0. The van der Waals surface area contributed by atoms with Crippen LogP contribution in [0, 0.1) is 17.3 Å². The van der Waals surface area contributed by atoms with Crippen molar-refractivity contribution >= 4 is 29.2 Å². The number of Topliss-reactive ketones (excluding diaryl/α,β-unsaturated/α-hetero) is 1. The van der Waals surface area contributed by atoms with Gasteiger partial charge in [0.15, 0.2) is 0 Å². The summed E-state index contributed by atoms with van der Waals surface area (Å²) in [4.78, 5) is 55.6. The van der Waals surface area contributed by atoms with E-state index in [0.717, 1.165) is 30.5 Å². The Morgan fingerprint density at radius 3 is 2.12 bits per heavy atom. The molecule has 274 valence electrons. The van der Waals surface area contributed by atoms with Gasteiger partial charge in [-0.2, -0.15) is 0 Å². The summed E-state index contributed by atoms with van der Waals surface area (Å²) >= 11 is 0. The fourth-order valence-corrected chi connectivity index (χ4v) is 7.72. The molecular formula is C40H59N5O5. The number of hydrogen-bond donors (Lipinski definition) is 5. The van der Waals surface area contributed by atoms with Crippen LogP contribution in [0.5, 0.6) is 0 Å². The lowest BCUT2D eigenvalue weighted by Gasteiger charge is -2.47. The highest BCUT2D eigenvalue weighted by Crippen LogP contribution is 2.39. The fraction of sp³-hybridized carbons (Fsp3) is 0.600. The lowest BCUT2D eigenvalue weighted by atomic mass is 9.72. The number of anilines is 1. The molecule has 1 unspecified atom stereocenters. The Bertz CT molecular complexity index is 1430. The normalized spacial score (nSPS) is 21.5. The molecular weight excluding hydrogens is 630 g/mol. The molecule has 10 nitrogen and oxygen atoms in total. The van der Waals surface area contributed by atoms with Gasteiger partial charge < -0.3 is 31.2 Å². The molecule has 2 aromatic carbocycles. The van der Waals surface area contributed by atoms with Gasteiger partial charge in [0.1, 0.15) is 11.8 Å². The van der Waals surface area contributed by atoms with E-state index < -0.39 is 41.0 Å². The minimum atomic E-state index is -1.05. The summed E-state index contributed by atoms with van der Waals surface area (Å²) in [7, 11) is 0. The Hall–Kier alpha value is -3.76. The number of aliphatic hydroxyl groups is 1. The maximum absolute atomic E-state index is 14.2. The number of ketones is 1. The van der Waals surface area contributed by atoms with Crippen LogP contribution in [0.2, 0.25) is 0 Å². The molecule has 2 aromatic rings. The first-order valence-corrected chi connectivity index (χ1v) is 18.3. The average molecular weight is 690 g/mol. The van der Waals surface area contributed by atoms with Gasteiger partial charge in [-0.05, 0) is 76.5 Å². The van der Waals surface area contributed by atoms with Crippen molar-refractivity contribution in [1.82, 2.24) is 20.9 Å². The summed E-state index contributed by atoms with van der Waals surface area (Å²) in [6.07, 6.45) is 4.74. The van der Waals surface area contributed by atoms with Gasteiger partial charge >= 0.3 is 0 Å². The number of nitrogens with zero attached hydrogens (tertiary/aromatic N) is 1. The maximum Gasteiger partial charge on any atom is 0.243 e. The summed E-state index contributed by atoms with van der Waals surface area (Å²) in [5.74, 6) is -0.0531. The molecule has 2 aliphatic rings. The van der Waals surface area contributed by atoms with Crippen molar-refractivity contribution in [2.75, 3.05) is 25.0 Å². The summed E-state index contributed by atoms with van der Waals surface area (Å²) in [6.45, 7) is 11.8. The summed E-state index contributed by atoms with van der Waals surface area (Å²) in [6, 6.07) is 16.8. The zero-order chi connectivity index (χ0) is 36.5. The van der Waals surface area contributed by atoms with E-state index in [0.29, 0.717) is 24.8 Å². The van der Waals surface area contributed by atoms with Crippen LogP contribution in [0.3, 0.4) is 0 Å². The number of likely N-dealkylation sites (tertiary alicyclic amines) is 1. The molecule has 1 aliphatic heterocycles. The van der Waals surface area contributed by atoms with E-state index in [-0.39, 0.29) is 37.2 Å². The molecule has 0 aromatic heterocycles. The third-order valence-electron chi connectivity index (χ3n) is 10.1. The van der Waals surface area contributed by atoms with E-state index in [9.17, 15) is 24.3 Å². The van der Waals surface area contributed by atoms with Crippen molar-refractivity contribution in [3.63, 3.8) is 0 Å². The zero-order valence-electron chi connectivity index (χ0n) is 30.8. The molecule has 1 saturated carbocycles. The van der Waals surface area contributed by atoms with Crippen LogP contribution < -0.4 is 21.3 Å². The van der Waals surface area contributed by atoms with E-state index in [2.05, 4.69) is 26.2 Å². The minimum Gasteiger partial charge on any atom is -0.390 e. The molecule has 2 fully saturated rings. The van der Waals surface area contributed by atoms with Crippen LogP contribution >= 0.6 is 0 Å². The van der Waals surface area contributed by atoms with Gasteiger partial charge in [-0.25, -0.2) is 0 Å². The number of benzene rings is 2. The number of carbonyl (C=O) groups is 4. The standard InChI is InChI=1S/C40H59N5O5/c1-27(46)23-40(5,6)36(43-35(48)24-41-31-19-11-8-12-20-31)38(50)42-32(21-28-15-9-7-10-16-28)34(47)26-45-25-30-18-14-13-17-29(30)22-33(45)37(49)44-39(2,3)4/h7-12,15-16,19-20,29-30,32-34,36,41,47H,13-14,17-18,21-26H2,1-6H3,(H,42,50)(H,43,48)(H,44,49)/t29-,30?,32-,33-,34+,36+/m0/s1. The summed E-state index contributed by atoms with van der Waals surface area (Å²) in [5.41, 5.74) is 0.390. The molecule has 5 N–H and O–H groups in total. The molecule has 50 heavy (non-hydrogen) atoms. The lowest BCUT2D eigenvalue weighted by molar-refractivity contribution is -0.135. The monoisotopic (exact) mass is 689 g/mol. The molecule has 0 bridgehead atoms. The van der Waals surface area contributed by atoms with E-state index >= 15 is 0 Å². The number of aliphatic hydroxyl groups excluding tert-OH is 1. The number of rotatable bonds is 15. The lowest BCUT2D eigenvalue weighted by Crippen LogP contribution is -2.62. The molecule has 1 saturated heterocycles. The molecule has 3 amide bonds. The molecule has 1 heterocycles. The van der Waals surface area contributed by atoms with E-state index in [4.69, 9.17) is 0 Å². The second kappa shape index (κ2) is 17.4. The number of β-amino-alcohol motifs (C(OH)–C–C–N with tert-alkyl or cyclic N) is 1. The molecule has 0 spiro atoms. The van der Waals surface area contributed by atoms with E-state index in [1.807, 2.05) is 81.4 Å². The molecule has 0 radical (unpaired) electrons. The van der Waals surface area contributed by atoms with Crippen LogP contribution in [-0.4, -0.2) is 82.9 Å². The van der Waals surface area contributed by atoms with Gasteiger partial charge in [-0.1, -0.05) is 81.6 Å². The van der Waals surface area contributed by atoms with Gasteiger partial charge in [0.25, 0.3) is 0 Å². The second-order valence-electron chi connectivity index (χ2n) is 16.2. The number of fused-ring (bicyclic) bond motifs is 1. The Morgan fingerprint density at radius 2 is 1.50 bits per heavy atom. The zero-order valence-corrected chi connectivity index (χ0v) is 30.8. The average Bonchev–Trinajstić information content (AvgIpc) is 3.05. The number of carbonyl (C=O) groups excluding carboxylic acids is 4. The van der Waals surface area contributed by atoms with Crippen LogP contribution in [0.15, 0.2) is 60.7 Å². The maximum atomic E-state index is 14.2. The van der Waals surface area contributed by atoms with E-state index in [1.54, 1.807) is 13.8 Å². The van der Waals surface area contributed by atoms with Crippen molar-refractivity contribution in [1.29, 1.82) is 0 Å². The predicted octanol–water partition coefficient (Wildman–Crippen LogP) is 4.47. The van der Waals surface area contributed by atoms with Crippen molar-refractivity contribution in [2.45, 2.75) is 116 Å². The fourth-order valence-electron chi connectivity index (χ4n) is 7.72. The van der Waals surface area contributed by atoms with E-state index in [1.165, 1.54) is 19.8 Å². The molecule has 4 rings (SSSR count). The SMILES string of the molecule is CC(=O)CC(C)(C)[C@H](NC(=O)CNc1ccccc1)C(=O)N[C@@H](Cc1ccccc1)[C@H](O)CN1CC2CCCC[C@H]2C[C@H]1C(=O)NC(C)(C)C. The number of hydrogen-bond acceptors (Lipinski definition) is 7. The smallest absolute Gasteiger partial charge is 0.243 e. The van der Waals surface area contributed by atoms with Crippen molar-refractivity contribution in [2.24, 2.45) is 17.3 Å². The van der Waals surface area contributed by atoms with Crippen molar-refractivity contribution in [3.8, 4) is 0 Å². The highest BCUT2D eigenvalue weighted by Gasteiger charge is 2.43. The third kappa shape index (κ3) is 11.7. The van der Waals surface area contributed by atoms with Gasteiger partial charge in [-0.3, -0.25) is 19.3 Å². The van der Waals surface area contributed by atoms with Gasteiger partial charge in [0.2, 0.25) is 17.7 Å². The Balaban J connectivity index is 1.57. The first-order valence-electron chi connectivity index (χ1n) is 18.3. The Morgan fingerprint density at radius 1 is 0.880 bits per heavy atom. The Kier molecular flexibility index (Phi) is 13.6. The van der Waals surface area contributed by atoms with Gasteiger partial charge in [0.05, 0.1) is 24.7 Å². The van der Waals surface area contributed by atoms with Crippen LogP contribution in [-0.2, 0) is 25.6 Å². The number of piperidine rings is 1. The molecule has 1 aliphatic carbocycles. The topological polar surface area (TPSA) is 140 Å². The predicted molar refractivity (Wildman–Crippen MR) is 197 cm³/mol. The van der Waals surface area contributed by atoms with Crippen LogP contribution in [0.25, 0.3) is 0 Å². The summed E-state index contributed by atoms with van der Waals surface area (Å²) in [5, 5.41) is 24.2. The van der Waals surface area contributed by atoms with Gasteiger partial charge in [-0.15, -0.1) is 0 Å². The first kappa shape index (κ1) is 39.0. The quantitative estimate of drug-likeness (QED) is 0.186. The van der Waals surface area contributed by atoms with Crippen molar-refractivity contribution in [3.05, 3.63) is 66.2 Å². The van der Waals surface area contributed by atoms with Crippen LogP contribution in [0.4, 0.5) is 5.69 Å².